The van der Waals surface area contributed by atoms with Crippen LogP contribution in [0.1, 0.15) is 15.9 Å². The molecule has 3 aromatic carbocycles. The highest BCUT2D eigenvalue weighted by Crippen LogP contribution is 2.33. The second-order valence-corrected chi connectivity index (χ2v) is 9.47. The molecule has 194 valence electrons. The molecule has 1 aliphatic heterocycles. The average Bonchev–Trinajstić information content (AvgIpc) is 3.32. The number of nitro benzene ring substituents is 1. The molecule has 0 aliphatic carbocycles. The van der Waals surface area contributed by atoms with E-state index in [0.717, 1.165) is 5.56 Å². The summed E-state index contributed by atoms with van der Waals surface area (Å²) in [5.74, 6) is -0.225. The Morgan fingerprint density at radius 3 is 2.68 bits per heavy atom. The molecule has 1 amide bonds. The Hall–Kier alpha value is -4.06. The summed E-state index contributed by atoms with van der Waals surface area (Å²) >= 11 is 11.8. The number of benzene rings is 3. The quantitative estimate of drug-likeness (QED) is 0.192. The first-order valence-electron chi connectivity index (χ1n) is 11.7. The largest absolute Gasteiger partial charge is 0.436 e. The van der Waals surface area contributed by atoms with Crippen LogP contribution in [-0.2, 0) is 4.74 Å². The van der Waals surface area contributed by atoms with Gasteiger partial charge in [-0.25, -0.2) is 4.98 Å². The minimum atomic E-state index is -0.573. The fourth-order valence-corrected chi connectivity index (χ4v) is 4.56. The van der Waals surface area contributed by atoms with Crippen molar-refractivity contribution in [3.8, 4) is 11.5 Å². The van der Waals surface area contributed by atoms with E-state index in [-0.39, 0.29) is 16.4 Å². The minimum absolute atomic E-state index is 0.0101. The molecule has 0 unspecified atom stereocenters. The zero-order valence-electron chi connectivity index (χ0n) is 20.2. The van der Waals surface area contributed by atoms with Crippen LogP contribution in [0.4, 0.5) is 17.1 Å². The second kappa shape index (κ2) is 10.7. The number of hydrogen-bond acceptors (Lipinski definition) is 8. The third-order valence-electron chi connectivity index (χ3n) is 6.01. The smallest absolute Gasteiger partial charge is 0.270 e. The van der Waals surface area contributed by atoms with Crippen molar-refractivity contribution >= 4 is 63.0 Å². The molecule has 1 saturated heterocycles. The van der Waals surface area contributed by atoms with Crippen LogP contribution in [-0.4, -0.2) is 47.2 Å². The number of nitrogens with zero attached hydrogens (tertiary/aromatic N) is 3. The van der Waals surface area contributed by atoms with Crippen LogP contribution in [0.3, 0.4) is 0 Å². The van der Waals surface area contributed by atoms with Gasteiger partial charge in [-0.3, -0.25) is 20.2 Å². The number of carbonyl (C=O) groups excluding carboxylic acids is 1. The summed E-state index contributed by atoms with van der Waals surface area (Å²) in [7, 11) is 0. The normalized spacial score (nSPS) is 13.4. The van der Waals surface area contributed by atoms with Crippen molar-refractivity contribution in [2.75, 3.05) is 36.5 Å². The highest BCUT2D eigenvalue weighted by atomic mass is 35.5. The number of carbonyl (C=O) groups is 1. The molecule has 4 aromatic rings. The fraction of sp³-hybridized carbons (Fsp3) is 0.192. The predicted molar refractivity (Wildman–Crippen MR) is 149 cm³/mol. The van der Waals surface area contributed by atoms with Crippen molar-refractivity contribution in [2.45, 2.75) is 6.92 Å². The number of hydrogen-bond donors (Lipinski definition) is 2. The Morgan fingerprint density at radius 1 is 1.13 bits per heavy atom. The Labute approximate surface area is 227 Å². The van der Waals surface area contributed by atoms with Crippen molar-refractivity contribution in [2.24, 2.45) is 0 Å². The molecule has 12 heteroatoms. The molecular formula is C26H22ClN5O5S. The molecule has 1 aromatic heterocycles. The fourth-order valence-electron chi connectivity index (χ4n) is 4.15. The number of non-ortho nitro benzene ring substituents is 1. The van der Waals surface area contributed by atoms with Crippen LogP contribution in [0, 0.1) is 17.0 Å². The maximum absolute atomic E-state index is 13.2. The third-order valence-corrected chi connectivity index (χ3v) is 6.55. The summed E-state index contributed by atoms with van der Waals surface area (Å²) in [6.07, 6.45) is 0. The number of oxazole rings is 1. The van der Waals surface area contributed by atoms with Gasteiger partial charge in [0.05, 0.1) is 40.0 Å². The van der Waals surface area contributed by atoms with Crippen LogP contribution >= 0.6 is 23.8 Å². The van der Waals surface area contributed by atoms with Gasteiger partial charge in [-0.2, -0.15) is 0 Å². The molecule has 38 heavy (non-hydrogen) atoms. The standard InChI is InChI=1S/C26H22ClN5O5S/c1-15-2-7-23-21(12-15)29-25(37-23)18-13-16(3-5-20(18)27)28-26(38)30-24(33)19-14-17(32(34)35)4-6-22(19)31-8-10-36-11-9-31/h2-7,12-14H,8-11H2,1H3,(H2,28,30,33,38). The van der Waals surface area contributed by atoms with Crippen LogP contribution in [0.5, 0.6) is 0 Å². The van der Waals surface area contributed by atoms with Crippen LogP contribution < -0.4 is 15.5 Å². The van der Waals surface area contributed by atoms with Crippen LogP contribution in [0.2, 0.25) is 5.02 Å². The molecular weight excluding hydrogens is 530 g/mol. The van der Waals surface area contributed by atoms with E-state index < -0.39 is 10.8 Å². The third kappa shape index (κ3) is 5.44. The van der Waals surface area contributed by atoms with Crippen LogP contribution in [0.15, 0.2) is 59.0 Å². The zero-order valence-corrected chi connectivity index (χ0v) is 21.8. The number of halogens is 1. The van der Waals surface area contributed by atoms with E-state index in [9.17, 15) is 14.9 Å². The van der Waals surface area contributed by atoms with E-state index in [1.54, 1.807) is 24.3 Å². The lowest BCUT2D eigenvalue weighted by Crippen LogP contribution is -2.39. The average molecular weight is 552 g/mol. The predicted octanol–water partition coefficient (Wildman–Crippen LogP) is 5.33. The zero-order chi connectivity index (χ0) is 26.8. The summed E-state index contributed by atoms with van der Waals surface area (Å²) in [5, 5.41) is 17.4. The van der Waals surface area contributed by atoms with Gasteiger partial charge >= 0.3 is 0 Å². The van der Waals surface area contributed by atoms with Crippen LogP contribution in [0.25, 0.3) is 22.6 Å². The summed E-state index contributed by atoms with van der Waals surface area (Å²) in [4.78, 5) is 30.5. The molecule has 5 rings (SSSR count). The molecule has 2 N–H and O–H groups in total. The molecule has 0 bridgehead atoms. The summed E-state index contributed by atoms with van der Waals surface area (Å²) < 4.78 is 11.3. The van der Waals surface area contributed by atoms with Gasteiger partial charge < -0.3 is 19.4 Å². The SMILES string of the molecule is Cc1ccc2oc(-c3cc(NC(=S)NC(=O)c4cc([N+](=O)[O-])ccc4N4CCOCC4)ccc3Cl)nc2c1. The number of anilines is 2. The molecule has 0 radical (unpaired) electrons. The molecule has 0 saturated carbocycles. The Bertz CT molecular complexity index is 1570. The summed E-state index contributed by atoms with van der Waals surface area (Å²) in [6, 6.07) is 15.0. The van der Waals surface area contributed by atoms with Crippen molar-refractivity contribution in [3.05, 3.63) is 80.9 Å². The monoisotopic (exact) mass is 551 g/mol. The number of amides is 1. The molecule has 0 atom stereocenters. The molecule has 10 nitrogen and oxygen atoms in total. The molecule has 0 spiro atoms. The van der Waals surface area contributed by atoms with Gasteiger partial charge in [0.25, 0.3) is 11.6 Å². The highest BCUT2D eigenvalue weighted by molar-refractivity contribution is 7.80. The van der Waals surface area contributed by atoms with E-state index >= 15 is 0 Å². The van der Waals surface area contributed by atoms with E-state index in [1.165, 1.54) is 12.1 Å². The van der Waals surface area contributed by atoms with Gasteiger partial charge in [0.15, 0.2) is 10.7 Å². The van der Waals surface area contributed by atoms with Gasteiger partial charge in [0, 0.05) is 30.9 Å². The maximum atomic E-state index is 13.2. The van der Waals surface area contributed by atoms with Gasteiger partial charge in [-0.05, 0) is 61.1 Å². The van der Waals surface area contributed by atoms with E-state index in [2.05, 4.69) is 15.6 Å². The number of nitro groups is 1. The number of rotatable bonds is 5. The first-order chi connectivity index (χ1) is 18.3. The summed E-state index contributed by atoms with van der Waals surface area (Å²) in [6.45, 7) is 4.08. The lowest BCUT2D eigenvalue weighted by Gasteiger charge is -2.30. The van der Waals surface area contributed by atoms with Gasteiger partial charge in [-0.15, -0.1) is 0 Å². The maximum Gasteiger partial charge on any atom is 0.270 e. The molecule has 1 fully saturated rings. The second-order valence-electron chi connectivity index (χ2n) is 8.65. The van der Waals surface area contributed by atoms with Gasteiger partial charge in [0.2, 0.25) is 5.89 Å². The van der Waals surface area contributed by atoms with Crippen molar-refractivity contribution < 1.29 is 18.9 Å². The van der Waals surface area contributed by atoms with E-state index in [0.29, 0.717) is 65.3 Å². The number of nitrogens with one attached hydrogen (secondary N) is 2. The number of aryl methyl sites for hydroxylation is 1. The Morgan fingerprint density at radius 2 is 1.92 bits per heavy atom. The lowest BCUT2D eigenvalue weighted by atomic mass is 10.1. The Balaban J connectivity index is 1.36. The van der Waals surface area contributed by atoms with E-state index in [1.807, 2.05) is 30.0 Å². The molecule has 1 aliphatic rings. The van der Waals surface area contributed by atoms with Crippen molar-refractivity contribution in [1.82, 2.24) is 10.3 Å². The first-order valence-corrected chi connectivity index (χ1v) is 12.5. The number of aromatic nitrogens is 1. The topological polar surface area (TPSA) is 123 Å². The van der Waals surface area contributed by atoms with Crippen molar-refractivity contribution in [3.63, 3.8) is 0 Å². The number of ether oxygens (including phenoxy) is 1. The van der Waals surface area contributed by atoms with Gasteiger partial charge in [-0.1, -0.05) is 17.7 Å². The van der Waals surface area contributed by atoms with Crippen molar-refractivity contribution in [1.29, 1.82) is 0 Å². The summed E-state index contributed by atoms with van der Waals surface area (Å²) in [5.41, 5.74) is 4.01. The number of thiocarbonyl (C=S) groups is 1. The molecule has 2 heterocycles. The van der Waals surface area contributed by atoms with E-state index in [4.69, 9.17) is 33.0 Å². The number of morpholine rings is 1. The minimum Gasteiger partial charge on any atom is -0.436 e. The number of fused-ring (bicyclic) bond motifs is 1. The highest BCUT2D eigenvalue weighted by Gasteiger charge is 2.23. The Kier molecular flexibility index (Phi) is 7.23. The first kappa shape index (κ1) is 25.6. The van der Waals surface area contributed by atoms with Gasteiger partial charge in [0.1, 0.15) is 5.52 Å². The lowest BCUT2D eigenvalue weighted by molar-refractivity contribution is -0.384.